The van der Waals surface area contributed by atoms with E-state index in [0.717, 1.165) is 22.6 Å². The van der Waals surface area contributed by atoms with Crippen LogP contribution < -0.4 is 5.73 Å². The minimum absolute atomic E-state index is 0.0756. The van der Waals surface area contributed by atoms with Crippen LogP contribution >= 0.6 is 22.9 Å². The van der Waals surface area contributed by atoms with Crippen LogP contribution in [0.5, 0.6) is 0 Å². The monoisotopic (exact) mass is 277 g/mol. The van der Waals surface area contributed by atoms with Gasteiger partial charge < -0.3 is 5.73 Å². The summed E-state index contributed by atoms with van der Waals surface area (Å²) in [6, 6.07) is 7.60. The van der Waals surface area contributed by atoms with Gasteiger partial charge in [-0.05, 0) is 17.7 Å². The maximum atomic E-state index is 6.18. The van der Waals surface area contributed by atoms with E-state index in [1.54, 1.807) is 11.3 Å². The Morgan fingerprint density at radius 2 is 2.33 bits per heavy atom. The highest BCUT2D eigenvalue weighted by Crippen LogP contribution is 2.20. The van der Waals surface area contributed by atoms with Crippen molar-refractivity contribution in [1.29, 1.82) is 0 Å². The van der Waals surface area contributed by atoms with Crippen molar-refractivity contribution >= 4 is 27.9 Å². The number of imidazole rings is 1. The van der Waals surface area contributed by atoms with E-state index in [0.29, 0.717) is 5.02 Å². The van der Waals surface area contributed by atoms with Gasteiger partial charge in [0.15, 0.2) is 4.96 Å². The predicted molar refractivity (Wildman–Crippen MR) is 75.2 cm³/mol. The zero-order valence-corrected chi connectivity index (χ0v) is 11.2. The van der Waals surface area contributed by atoms with Gasteiger partial charge in [0, 0.05) is 35.3 Å². The van der Waals surface area contributed by atoms with Crippen LogP contribution in [0, 0.1) is 0 Å². The lowest BCUT2D eigenvalue weighted by atomic mass is 10.0. The fourth-order valence-corrected chi connectivity index (χ4v) is 2.87. The largest absolute Gasteiger partial charge is 0.324 e. The molecular weight excluding hydrogens is 266 g/mol. The molecule has 2 aromatic heterocycles. The molecule has 0 aliphatic heterocycles. The number of thiazole rings is 1. The van der Waals surface area contributed by atoms with E-state index >= 15 is 0 Å². The molecule has 0 spiro atoms. The molecule has 3 rings (SSSR count). The maximum Gasteiger partial charge on any atom is 0.193 e. The first-order chi connectivity index (χ1) is 8.72. The van der Waals surface area contributed by atoms with Gasteiger partial charge in [-0.3, -0.25) is 4.40 Å². The smallest absolute Gasteiger partial charge is 0.193 e. The van der Waals surface area contributed by atoms with Gasteiger partial charge >= 0.3 is 0 Å². The second-order valence-electron chi connectivity index (χ2n) is 4.19. The summed E-state index contributed by atoms with van der Waals surface area (Å²) in [5.74, 6) is 0. The summed E-state index contributed by atoms with van der Waals surface area (Å²) >= 11 is 7.59. The molecule has 3 aromatic rings. The number of nitrogens with two attached hydrogens (primary N) is 1. The molecule has 0 amide bonds. The lowest BCUT2D eigenvalue weighted by Crippen LogP contribution is -2.13. The van der Waals surface area contributed by atoms with E-state index in [4.69, 9.17) is 17.3 Å². The number of halogens is 1. The second-order valence-corrected chi connectivity index (χ2v) is 5.50. The fraction of sp³-hybridized carbons (Fsp3) is 0.154. The number of nitrogens with zero attached hydrogens (tertiary/aromatic N) is 2. The van der Waals surface area contributed by atoms with Crippen LogP contribution in [0.15, 0.2) is 42.0 Å². The first-order valence-corrected chi connectivity index (χ1v) is 6.90. The Morgan fingerprint density at radius 1 is 1.44 bits per heavy atom. The van der Waals surface area contributed by atoms with E-state index in [1.165, 1.54) is 0 Å². The lowest BCUT2D eigenvalue weighted by molar-refractivity contribution is 0.710. The SMILES string of the molecule is NC(Cc1cn2ccsc2n1)c1cccc(Cl)c1. The molecule has 0 aliphatic carbocycles. The third-order valence-electron chi connectivity index (χ3n) is 2.85. The summed E-state index contributed by atoms with van der Waals surface area (Å²) in [5, 5.41) is 2.73. The quantitative estimate of drug-likeness (QED) is 0.798. The minimum Gasteiger partial charge on any atom is -0.324 e. The van der Waals surface area contributed by atoms with Crippen molar-refractivity contribution in [2.24, 2.45) is 5.73 Å². The van der Waals surface area contributed by atoms with Gasteiger partial charge in [0.05, 0.1) is 5.69 Å². The zero-order chi connectivity index (χ0) is 12.5. The number of hydrogen-bond acceptors (Lipinski definition) is 3. The van der Waals surface area contributed by atoms with Gasteiger partial charge in [0.25, 0.3) is 0 Å². The van der Waals surface area contributed by atoms with Crippen LogP contribution in [0.3, 0.4) is 0 Å². The Labute approximate surface area is 114 Å². The van der Waals surface area contributed by atoms with Gasteiger partial charge in [-0.2, -0.15) is 0 Å². The van der Waals surface area contributed by atoms with E-state index in [9.17, 15) is 0 Å². The van der Waals surface area contributed by atoms with Crippen LogP contribution in [0.25, 0.3) is 4.96 Å². The molecule has 18 heavy (non-hydrogen) atoms. The van der Waals surface area contributed by atoms with Crippen LogP contribution in [-0.4, -0.2) is 9.38 Å². The standard InChI is InChI=1S/C13H12ClN3S/c14-10-3-1-2-9(6-10)12(15)7-11-8-17-4-5-18-13(17)16-11/h1-6,8,12H,7,15H2. The highest BCUT2D eigenvalue weighted by atomic mass is 35.5. The van der Waals surface area contributed by atoms with Crippen molar-refractivity contribution in [3.63, 3.8) is 0 Å². The molecule has 1 atom stereocenters. The number of hydrogen-bond donors (Lipinski definition) is 1. The highest BCUT2D eigenvalue weighted by Gasteiger charge is 2.10. The van der Waals surface area contributed by atoms with Crippen molar-refractivity contribution in [3.8, 4) is 0 Å². The summed E-state index contributed by atoms with van der Waals surface area (Å²) in [4.78, 5) is 5.53. The first-order valence-electron chi connectivity index (χ1n) is 5.64. The molecule has 1 unspecified atom stereocenters. The predicted octanol–water partition coefficient (Wildman–Crippen LogP) is 3.29. The minimum atomic E-state index is -0.0756. The molecule has 0 bridgehead atoms. The summed E-state index contributed by atoms with van der Waals surface area (Å²) < 4.78 is 2.02. The molecule has 92 valence electrons. The Hall–Kier alpha value is -1.36. The van der Waals surface area contributed by atoms with Crippen LogP contribution in [0.4, 0.5) is 0 Å². The van der Waals surface area contributed by atoms with Crippen molar-refractivity contribution in [2.45, 2.75) is 12.5 Å². The zero-order valence-electron chi connectivity index (χ0n) is 9.58. The molecular formula is C13H12ClN3S. The molecule has 2 N–H and O–H groups in total. The molecule has 1 aromatic carbocycles. The third kappa shape index (κ3) is 2.27. The maximum absolute atomic E-state index is 6.18. The molecule has 3 nitrogen and oxygen atoms in total. The van der Waals surface area contributed by atoms with Gasteiger partial charge in [0.1, 0.15) is 0 Å². The van der Waals surface area contributed by atoms with Crippen molar-refractivity contribution in [2.75, 3.05) is 0 Å². The Morgan fingerprint density at radius 3 is 3.11 bits per heavy atom. The molecule has 5 heteroatoms. The summed E-state index contributed by atoms with van der Waals surface area (Å²) in [6.45, 7) is 0. The van der Waals surface area contributed by atoms with E-state index < -0.39 is 0 Å². The Bertz CT molecular complexity index is 645. The Balaban J connectivity index is 1.81. The van der Waals surface area contributed by atoms with E-state index in [1.807, 2.05) is 46.4 Å². The van der Waals surface area contributed by atoms with Crippen molar-refractivity contribution in [1.82, 2.24) is 9.38 Å². The third-order valence-corrected chi connectivity index (χ3v) is 3.85. The molecule has 0 radical (unpaired) electrons. The molecule has 0 saturated carbocycles. The number of fused-ring (bicyclic) bond motifs is 1. The summed E-state index contributed by atoms with van der Waals surface area (Å²) in [7, 11) is 0. The number of benzene rings is 1. The van der Waals surface area contributed by atoms with Crippen molar-refractivity contribution < 1.29 is 0 Å². The van der Waals surface area contributed by atoms with E-state index in [2.05, 4.69) is 4.98 Å². The summed E-state index contributed by atoms with van der Waals surface area (Å²) in [6.07, 6.45) is 4.74. The average molecular weight is 278 g/mol. The average Bonchev–Trinajstić information content (AvgIpc) is 2.89. The first kappa shape index (κ1) is 11.7. The molecule has 0 aliphatic rings. The normalized spacial score (nSPS) is 13.0. The van der Waals surface area contributed by atoms with E-state index in [-0.39, 0.29) is 6.04 Å². The topological polar surface area (TPSA) is 43.3 Å². The molecule has 2 heterocycles. The van der Waals surface area contributed by atoms with Crippen molar-refractivity contribution in [3.05, 3.63) is 58.3 Å². The molecule has 0 saturated heterocycles. The van der Waals surface area contributed by atoms with Crippen LogP contribution in [0.1, 0.15) is 17.3 Å². The molecule has 0 fully saturated rings. The van der Waals surface area contributed by atoms with Gasteiger partial charge in [-0.25, -0.2) is 4.98 Å². The number of aromatic nitrogens is 2. The highest BCUT2D eigenvalue weighted by molar-refractivity contribution is 7.15. The second kappa shape index (κ2) is 4.72. The number of rotatable bonds is 3. The lowest BCUT2D eigenvalue weighted by Gasteiger charge is -2.10. The van der Waals surface area contributed by atoms with Gasteiger partial charge in [0.2, 0.25) is 0 Å². The van der Waals surface area contributed by atoms with Gasteiger partial charge in [-0.15, -0.1) is 11.3 Å². The van der Waals surface area contributed by atoms with Gasteiger partial charge in [-0.1, -0.05) is 23.7 Å². The Kier molecular flexibility index (Phi) is 3.07. The fourth-order valence-electron chi connectivity index (χ4n) is 1.95. The summed E-state index contributed by atoms with van der Waals surface area (Å²) in [5.41, 5.74) is 8.23. The van der Waals surface area contributed by atoms with Crippen LogP contribution in [0.2, 0.25) is 5.02 Å². The van der Waals surface area contributed by atoms with Crippen LogP contribution in [-0.2, 0) is 6.42 Å².